The molecule has 0 atom stereocenters. The van der Waals surface area contributed by atoms with Crippen molar-refractivity contribution < 1.29 is 4.74 Å². The van der Waals surface area contributed by atoms with Gasteiger partial charge in [0.05, 0.1) is 5.69 Å². The van der Waals surface area contributed by atoms with Crippen LogP contribution < -0.4 is 4.74 Å². The predicted octanol–water partition coefficient (Wildman–Crippen LogP) is 5.37. The molecule has 3 rings (SSSR count). The molecular formula is C20H29NO. The summed E-state index contributed by atoms with van der Waals surface area (Å²) in [5, 5.41) is 0. The molecule has 1 saturated carbocycles. The lowest BCUT2D eigenvalue weighted by atomic mass is 9.72. The Kier molecular flexibility index (Phi) is 3.82. The summed E-state index contributed by atoms with van der Waals surface area (Å²) in [6, 6.07) is 4.22. The first-order chi connectivity index (χ1) is 10.3. The van der Waals surface area contributed by atoms with Gasteiger partial charge in [0.2, 0.25) is 5.88 Å². The molecule has 2 aliphatic carbocycles. The third-order valence-corrected chi connectivity index (χ3v) is 5.44. The molecule has 1 aromatic heterocycles. The van der Waals surface area contributed by atoms with Crippen LogP contribution in [0, 0.1) is 11.3 Å². The fraction of sp³-hybridized carbons (Fsp3) is 0.650. The van der Waals surface area contributed by atoms with Crippen molar-refractivity contribution in [3.63, 3.8) is 0 Å². The minimum absolute atomic E-state index is 0.103. The zero-order valence-corrected chi connectivity index (χ0v) is 14.6. The van der Waals surface area contributed by atoms with Gasteiger partial charge in [-0.05, 0) is 48.7 Å². The molecule has 1 aromatic rings. The van der Waals surface area contributed by atoms with E-state index >= 15 is 0 Å². The van der Waals surface area contributed by atoms with Gasteiger partial charge in [-0.3, -0.25) is 0 Å². The summed E-state index contributed by atoms with van der Waals surface area (Å²) in [4.78, 5) is 4.70. The zero-order chi connectivity index (χ0) is 16.0. The molecule has 0 spiro atoms. The number of pyridine rings is 1. The lowest BCUT2D eigenvalue weighted by Crippen LogP contribution is -2.30. The third kappa shape index (κ3) is 3.06. The van der Waals surface area contributed by atoms with Gasteiger partial charge in [0.25, 0.3) is 0 Å². The Bertz CT molecular complexity index is 572. The van der Waals surface area contributed by atoms with E-state index in [1.54, 1.807) is 0 Å². The van der Waals surface area contributed by atoms with Crippen molar-refractivity contribution in [3.05, 3.63) is 29.5 Å². The van der Waals surface area contributed by atoms with E-state index < -0.39 is 0 Å². The Morgan fingerprint density at radius 2 is 1.77 bits per heavy atom. The minimum atomic E-state index is 0.103. The topological polar surface area (TPSA) is 22.1 Å². The van der Waals surface area contributed by atoms with Gasteiger partial charge in [-0.1, -0.05) is 46.8 Å². The van der Waals surface area contributed by atoms with Crippen molar-refractivity contribution in [2.45, 2.75) is 71.8 Å². The standard InChI is InChI=1S/C20H29NO/c1-19(2,3)14-6-8-15(9-7-14)22-18-11-10-16-17(21-18)12-13-20(16,4)5/h10-15H,6-9H2,1-5H3. The van der Waals surface area contributed by atoms with Gasteiger partial charge in [-0.2, -0.15) is 0 Å². The van der Waals surface area contributed by atoms with Crippen molar-refractivity contribution in [3.8, 4) is 5.88 Å². The van der Waals surface area contributed by atoms with E-state index in [4.69, 9.17) is 9.72 Å². The maximum absolute atomic E-state index is 6.16. The average Bonchev–Trinajstić information content (AvgIpc) is 2.74. The number of fused-ring (bicyclic) bond motifs is 1. The number of rotatable bonds is 2. The van der Waals surface area contributed by atoms with E-state index in [1.165, 1.54) is 18.4 Å². The van der Waals surface area contributed by atoms with Gasteiger partial charge in [-0.15, -0.1) is 0 Å². The number of ether oxygens (including phenoxy) is 1. The number of aromatic nitrogens is 1. The van der Waals surface area contributed by atoms with Crippen LogP contribution in [-0.2, 0) is 5.41 Å². The number of hydrogen-bond donors (Lipinski definition) is 0. The average molecular weight is 299 g/mol. The molecule has 1 heterocycles. The predicted molar refractivity (Wildman–Crippen MR) is 92.1 cm³/mol. The lowest BCUT2D eigenvalue weighted by molar-refractivity contribution is 0.0851. The molecule has 0 amide bonds. The summed E-state index contributed by atoms with van der Waals surface area (Å²) < 4.78 is 6.16. The maximum atomic E-state index is 6.16. The van der Waals surface area contributed by atoms with E-state index in [0.29, 0.717) is 11.5 Å². The summed E-state index contributed by atoms with van der Waals surface area (Å²) in [5.41, 5.74) is 2.90. The highest BCUT2D eigenvalue weighted by molar-refractivity contribution is 5.61. The Morgan fingerprint density at radius 1 is 1.09 bits per heavy atom. The van der Waals surface area contributed by atoms with E-state index in [-0.39, 0.29) is 5.41 Å². The Hall–Kier alpha value is -1.31. The number of allylic oxidation sites excluding steroid dienone is 1. The van der Waals surface area contributed by atoms with Crippen molar-refractivity contribution in [1.82, 2.24) is 4.98 Å². The molecule has 0 radical (unpaired) electrons. The molecular weight excluding hydrogens is 270 g/mol. The van der Waals surface area contributed by atoms with Crippen LogP contribution in [0.4, 0.5) is 0 Å². The molecule has 2 nitrogen and oxygen atoms in total. The zero-order valence-electron chi connectivity index (χ0n) is 14.6. The second kappa shape index (κ2) is 5.40. The molecule has 2 heteroatoms. The van der Waals surface area contributed by atoms with Crippen LogP contribution in [0.5, 0.6) is 5.88 Å². The summed E-state index contributed by atoms with van der Waals surface area (Å²) in [6.45, 7) is 11.5. The van der Waals surface area contributed by atoms with Gasteiger partial charge in [0.1, 0.15) is 6.10 Å². The molecule has 120 valence electrons. The van der Waals surface area contributed by atoms with Crippen LogP contribution in [0.1, 0.15) is 71.6 Å². The first-order valence-corrected chi connectivity index (χ1v) is 8.63. The van der Waals surface area contributed by atoms with Crippen molar-refractivity contribution in [2.24, 2.45) is 11.3 Å². The van der Waals surface area contributed by atoms with Crippen LogP contribution in [0.3, 0.4) is 0 Å². The van der Waals surface area contributed by atoms with Crippen LogP contribution in [0.25, 0.3) is 6.08 Å². The molecule has 0 aromatic carbocycles. The molecule has 0 N–H and O–H groups in total. The summed E-state index contributed by atoms with van der Waals surface area (Å²) >= 11 is 0. The van der Waals surface area contributed by atoms with Crippen LogP contribution in [-0.4, -0.2) is 11.1 Å². The Morgan fingerprint density at radius 3 is 2.41 bits per heavy atom. The second-order valence-corrected chi connectivity index (χ2v) is 8.59. The number of hydrogen-bond acceptors (Lipinski definition) is 2. The van der Waals surface area contributed by atoms with Gasteiger partial charge in [0, 0.05) is 11.5 Å². The Labute approximate surface area is 135 Å². The largest absolute Gasteiger partial charge is 0.474 e. The molecule has 2 aliphatic rings. The van der Waals surface area contributed by atoms with Crippen molar-refractivity contribution in [2.75, 3.05) is 0 Å². The van der Waals surface area contributed by atoms with E-state index in [1.807, 2.05) is 6.07 Å². The lowest BCUT2D eigenvalue weighted by Gasteiger charge is -2.36. The van der Waals surface area contributed by atoms with Gasteiger partial charge in [0.15, 0.2) is 0 Å². The first kappa shape index (κ1) is 15.6. The van der Waals surface area contributed by atoms with E-state index in [0.717, 1.165) is 30.3 Å². The summed E-state index contributed by atoms with van der Waals surface area (Å²) in [6.07, 6.45) is 9.53. The SMILES string of the molecule is CC1(C)C=Cc2nc(OC3CCC(C(C)(C)C)CC3)ccc21. The van der Waals surface area contributed by atoms with Gasteiger partial charge < -0.3 is 4.74 Å². The van der Waals surface area contributed by atoms with Gasteiger partial charge in [-0.25, -0.2) is 4.98 Å². The second-order valence-electron chi connectivity index (χ2n) is 8.59. The quantitative estimate of drug-likeness (QED) is 0.732. The normalized spacial score (nSPS) is 26.8. The monoisotopic (exact) mass is 299 g/mol. The molecule has 22 heavy (non-hydrogen) atoms. The Balaban J connectivity index is 1.63. The minimum Gasteiger partial charge on any atom is -0.474 e. The molecule has 0 saturated heterocycles. The fourth-order valence-corrected chi connectivity index (χ4v) is 3.79. The van der Waals surface area contributed by atoms with Crippen LogP contribution in [0.2, 0.25) is 0 Å². The summed E-state index contributed by atoms with van der Waals surface area (Å²) in [5.74, 6) is 1.62. The fourth-order valence-electron chi connectivity index (χ4n) is 3.79. The third-order valence-electron chi connectivity index (χ3n) is 5.44. The maximum Gasteiger partial charge on any atom is 0.214 e. The highest BCUT2D eigenvalue weighted by Crippen LogP contribution is 2.39. The van der Waals surface area contributed by atoms with E-state index in [2.05, 4.69) is 52.8 Å². The molecule has 0 aliphatic heterocycles. The van der Waals surface area contributed by atoms with Crippen molar-refractivity contribution >= 4 is 6.08 Å². The molecule has 1 fully saturated rings. The molecule has 0 unspecified atom stereocenters. The van der Waals surface area contributed by atoms with E-state index in [9.17, 15) is 0 Å². The smallest absolute Gasteiger partial charge is 0.214 e. The summed E-state index contributed by atoms with van der Waals surface area (Å²) in [7, 11) is 0. The van der Waals surface area contributed by atoms with Gasteiger partial charge >= 0.3 is 0 Å². The van der Waals surface area contributed by atoms with Crippen molar-refractivity contribution in [1.29, 1.82) is 0 Å². The highest BCUT2D eigenvalue weighted by atomic mass is 16.5. The highest BCUT2D eigenvalue weighted by Gasteiger charge is 2.31. The van der Waals surface area contributed by atoms with Crippen LogP contribution in [0.15, 0.2) is 18.2 Å². The molecule has 0 bridgehead atoms. The van der Waals surface area contributed by atoms with Crippen LogP contribution >= 0.6 is 0 Å². The first-order valence-electron chi connectivity index (χ1n) is 8.63. The number of nitrogens with zero attached hydrogens (tertiary/aromatic N) is 1.